The highest BCUT2D eigenvalue weighted by molar-refractivity contribution is 5.35. The van der Waals surface area contributed by atoms with Gasteiger partial charge in [-0.2, -0.15) is 0 Å². The van der Waals surface area contributed by atoms with Gasteiger partial charge in [-0.1, -0.05) is 12.5 Å². The number of piperidine rings is 1. The molecule has 0 amide bonds. The Morgan fingerprint density at radius 1 is 1.29 bits per heavy atom. The molecule has 1 aromatic heterocycles. The Labute approximate surface area is 128 Å². The highest BCUT2D eigenvalue weighted by Crippen LogP contribution is 2.25. The van der Waals surface area contributed by atoms with Crippen LogP contribution in [-0.2, 0) is 6.54 Å². The lowest BCUT2D eigenvalue weighted by molar-refractivity contribution is 0.0105. The second-order valence-corrected chi connectivity index (χ2v) is 6.47. The highest BCUT2D eigenvalue weighted by atomic mass is 15.3. The first-order valence-corrected chi connectivity index (χ1v) is 8.44. The Hall–Kier alpha value is -1.13. The van der Waals surface area contributed by atoms with Gasteiger partial charge in [0.1, 0.15) is 5.82 Å². The van der Waals surface area contributed by atoms with Crippen LogP contribution in [0.2, 0.25) is 0 Å². The summed E-state index contributed by atoms with van der Waals surface area (Å²) in [5.41, 5.74) is 1.18. The summed E-state index contributed by atoms with van der Waals surface area (Å²) in [4.78, 5) is 10.0. The first-order chi connectivity index (χ1) is 10.3. The fourth-order valence-corrected chi connectivity index (χ4v) is 3.69. The quantitative estimate of drug-likeness (QED) is 0.923. The molecule has 3 rings (SSSR count). The molecule has 0 spiro atoms. The van der Waals surface area contributed by atoms with E-state index in [2.05, 4.69) is 47.2 Å². The van der Waals surface area contributed by atoms with Crippen molar-refractivity contribution >= 4 is 5.82 Å². The molecule has 4 heteroatoms. The van der Waals surface area contributed by atoms with Crippen molar-refractivity contribution in [2.24, 2.45) is 0 Å². The van der Waals surface area contributed by atoms with Crippen molar-refractivity contribution in [3.63, 3.8) is 0 Å². The Bertz CT molecular complexity index is 462. The summed E-state index contributed by atoms with van der Waals surface area (Å²) in [6, 6.07) is 7.72. The largest absolute Gasteiger partial charge is 0.370 e. The standard InChI is InChI=1S/C17H28N4/c1-3-18-17-9-6-7-15(19-17)12-21-13-16-8-4-5-10-20(16)11-14(21)2/h6-7,9,14,16H,3-5,8,10-13H2,1-2H3,(H,18,19). The highest BCUT2D eigenvalue weighted by Gasteiger charge is 2.32. The molecule has 2 atom stereocenters. The van der Waals surface area contributed by atoms with E-state index >= 15 is 0 Å². The Kier molecular flexibility index (Phi) is 4.76. The maximum atomic E-state index is 4.73. The second-order valence-electron chi connectivity index (χ2n) is 6.47. The van der Waals surface area contributed by atoms with Gasteiger partial charge in [0.05, 0.1) is 5.69 Å². The van der Waals surface area contributed by atoms with E-state index in [0.29, 0.717) is 6.04 Å². The molecule has 0 saturated carbocycles. The summed E-state index contributed by atoms with van der Waals surface area (Å²) in [6.07, 6.45) is 4.15. The fraction of sp³-hybridized carbons (Fsp3) is 0.706. The molecule has 21 heavy (non-hydrogen) atoms. The zero-order valence-electron chi connectivity index (χ0n) is 13.4. The molecule has 2 saturated heterocycles. The first kappa shape index (κ1) is 14.8. The van der Waals surface area contributed by atoms with E-state index in [4.69, 9.17) is 4.98 Å². The van der Waals surface area contributed by atoms with Crippen molar-refractivity contribution in [3.8, 4) is 0 Å². The molecule has 0 radical (unpaired) electrons. The average Bonchev–Trinajstić information content (AvgIpc) is 2.49. The fourth-order valence-electron chi connectivity index (χ4n) is 3.69. The molecular weight excluding hydrogens is 260 g/mol. The summed E-state index contributed by atoms with van der Waals surface area (Å²) in [7, 11) is 0. The molecule has 1 N–H and O–H groups in total. The number of hydrogen-bond donors (Lipinski definition) is 1. The number of nitrogens with zero attached hydrogens (tertiary/aromatic N) is 3. The van der Waals surface area contributed by atoms with Crippen LogP contribution in [0.25, 0.3) is 0 Å². The molecule has 4 nitrogen and oxygen atoms in total. The van der Waals surface area contributed by atoms with Gasteiger partial charge in [0.25, 0.3) is 0 Å². The zero-order valence-corrected chi connectivity index (χ0v) is 13.4. The Balaban J connectivity index is 1.65. The van der Waals surface area contributed by atoms with E-state index in [9.17, 15) is 0 Å². The monoisotopic (exact) mass is 288 g/mol. The summed E-state index contributed by atoms with van der Waals surface area (Å²) >= 11 is 0. The predicted octanol–water partition coefficient (Wildman–Crippen LogP) is 2.57. The number of piperazine rings is 1. The van der Waals surface area contributed by atoms with E-state index in [1.165, 1.54) is 44.6 Å². The molecule has 0 bridgehead atoms. The third kappa shape index (κ3) is 3.55. The van der Waals surface area contributed by atoms with E-state index in [-0.39, 0.29) is 0 Å². The number of anilines is 1. The van der Waals surface area contributed by atoms with Crippen molar-refractivity contribution in [2.75, 3.05) is 31.5 Å². The van der Waals surface area contributed by atoms with Crippen molar-refractivity contribution in [1.82, 2.24) is 14.8 Å². The molecule has 3 heterocycles. The molecule has 2 aliphatic rings. The van der Waals surface area contributed by atoms with Gasteiger partial charge in [0, 0.05) is 38.3 Å². The maximum Gasteiger partial charge on any atom is 0.126 e. The normalized spacial score (nSPS) is 27.3. The van der Waals surface area contributed by atoms with E-state index in [0.717, 1.165) is 24.9 Å². The summed E-state index contributed by atoms with van der Waals surface area (Å²) in [6.45, 7) is 10.1. The Morgan fingerprint density at radius 3 is 3.05 bits per heavy atom. The van der Waals surface area contributed by atoms with Crippen LogP contribution < -0.4 is 5.32 Å². The molecule has 2 aliphatic heterocycles. The van der Waals surface area contributed by atoms with Crippen molar-refractivity contribution in [3.05, 3.63) is 23.9 Å². The minimum absolute atomic E-state index is 0.629. The van der Waals surface area contributed by atoms with Crippen molar-refractivity contribution in [1.29, 1.82) is 0 Å². The van der Waals surface area contributed by atoms with Crippen molar-refractivity contribution in [2.45, 2.75) is 51.7 Å². The van der Waals surface area contributed by atoms with Crippen LogP contribution in [0, 0.1) is 0 Å². The molecule has 0 aliphatic carbocycles. The van der Waals surface area contributed by atoms with Gasteiger partial charge in [-0.05, 0) is 45.4 Å². The lowest BCUT2D eigenvalue weighted by atomic mass is 9.97. The maximum absolute atomic E-state index is 4.73. The van der Waals surface area contributed by atoms with Crippen LogP contribution in [0.3, 0.4) is 0 Å². The number of hydrogen-bond acceptors (Lipinski definition) is 4. The third-order valence-corrected chi connectivity index (χ3v) is 4.85. The van der Waals surface area contributed by atoms with Gasteiger partial charge < -0.3 is 5.32 Å². The Morgan fingerprint density at radius 2 is 2.19 bits per heavy atom. The SMILES string of the molecule is CCNc1cccc(CN2CC3CCCCN3CC2C)n1. The van der Waals surface area contributed by atoms with Gasteiger partial charge in [0.2, 0.25) is 0 Å². The minimum Gasteiger partial charge on any atom is -0.370 e. The second kappa shape index (κ2) is 6.75. The van der Waals surface area contributed by atoms with Crippen LogP contribution in [0.15, 0.2) is 18.2 Å². The topological polar surface area (TPSA) is 31.4 Å². The van der Waals surface area contributed by atoms with E-state index < -0.39 is 0 Å². The number of nitrogens with one attached hydrogen (secondary N) is 1. The molecule has 2 fully saturated rings. The van der Waals surface area contributed by atoms with Crippen LogP contribution in [0.4, 0.5) is 5.82 Å². The van der Waals surface area contributed by atoms with Crippen LogP contribution in [0.5, 0.6) is 0 Å². The van der Waals surface area contributed by atoms with Gasteiger partial charge in [-0.3, -0.25) is 9.80 Å². The molecule has 116 valence electrons. The lowest BCUT2D eigenvalue weighted by Crippen LogP contribution is -2.58. The predicted molar refractivity (Wildman–Crippen MR) is 87.5 cm³/mol. The lowest BCUT2D eigenvalue weighted by Gasteiger charge is -2.47. The zero-order chi connectivity index (χ0) is 14.7. The van der Waals surface area contributed by atoms with Crippen LogP contribution >= 0.6 is 0 Å². The van der Waals surface area contributed by atoms with Gasteiger partial charge in [0.15, 0.2) is 0 Å². The minimum atomic E-state index is 0.629. The van der Waals surface area contributed by atoms with Gasteiger partial charge in [-0.15, -0.1) is 0 Å². The number of rotatable bonds is 4. The van der Waals surface area contributed by atoms with Crippen LogP contribution in [0.1, 0.15) is 38.8 Å². The molecule has 2 unspecified atom stereocenters. The van der Waals surface area contributed by atoms with Gasteiger partial charge >= 0.3 is 0 Å². The van der Waals surface area contributed by atoms with Gasteiger partial charge in [-0.25, -0.2) is 4.98 Å². The molecule has 1 aromatic rings. The number of fused-ring (bicyclic) bond motifs is 1. The third-order valence-electron chi connectivity index (χ3n) is 4.85. The van der Waals surface area contributed by atoms with E-state index in [1.807, 2.05) is 0 Å². The summed E-state index contributed by atoms with van der Waals surface area (Å²) in [5.74, 6) is 0.999. The van der Waals surface area contributed by atoms with Crippen molar-refractivity contribution < 1.29 is 0 Å². The summed E-state index contributed by atoms with van der Waals surface area (Å²) < 4.78 is 0. The van der Waals surface area contributed by atoms with Crippen LogP contribution in [-0.4, -0.2) is 53.0 Å². The van der Waals surface area contributed by atoms with E-state index in [1.54, 1.807) is 0 Å². The summed E-state index contributed by atoms with van der Waals surface area (Å²) in [5, 5.41) is 3.30. The smallest absolute Gasteiger partial charge is 0.126 e. The molecular formula is C17H28N4. The number of aromatic nitrogens is 1. The first-order valence-electron chi connectivity index (χ1n) is 8.44. The number of pyridine rings is 1. The average molecular weight is 288 g/mol. The molecule has 0 aromatic carbocycles.